The van der Waals surface area contributed by atoms with Gasteiger partial charge in [-0.3, -0.25) is 10.1 Å². The Labute approximate surface area is 191 Å². The third-order valence-electron chi connectivity index (χ3n) is 5.37. The first kappa shape index (κ1) is 21.4. The number of hydrogen-bond donors (Lipinski definition) is 2. The van der Waals surface area contributed by atoms with Gasteiger partial charge in [-0.1, -0.05) is 36.4 Å². The van der Waals surface area contributed by atoms with Crippen molar-refractivity contribution in [3.63, 3.8) is 0 Å². The molecule has 0 bridgehead atoms. The Hall–Kier alpha value is -4.40. The van der Waals surface area contributed by atoms with Gasteiger partial charge in [-0.25, -0.2) is 9.97 Å². The molecular formula is C25H18F3N5O. The normalized spacial score (nSPS) is 12.1. The molecule has 2 aromatic carbocycles. The number of aromatic amines is 1. The zero-order valence-corrected chi connectivity index (χ0v) is 17.9. The smallest absolute Gasteiger partial charge is 0.324 e. The van der Waals surface area contributed by atoms with E-state index < -0.39 is 11.7 Å². The highest BCUT2D eigenvalue weighted by Gasteiger charge is 2.29. The number of alkyl halides is 3. The predicted molar refractivity (Wildman–Crippen MR) is 124 cm³/mol. The number of nitrogens with one attached hydrogen (secondary N) is 2. The molecule has 0 saturated carbocycles. The quantitative estimate of drug-likeness (QED) is 0.324. The fraction of sp³-hybridized carbons (Fsp3) is 0.0800. The van der Waals surface area contributed by atoms with Gasteiger partial charge in [0.05, 0.1) is 16.6 Å². The van der Waals surface area contributed by atoms with Crippen LogP contribution in [-0.2, 0) is 6.18 Å². The summed E-state index contributed by atoms with van der Waals surface area (Å²) in [5, 5.41) is 2.73. The van der Waals surface area contributed by atoms with Crippen molar-refractivity contribution in [2.24, 2.45) is 0 Å². The van der Waals surface area contributed by atoms with Crippen LogP contribution in [0.25, 0.3) is 28.8 Å². The maximum Gasteiger partial charge on any atom is 0.416 e. The van der Waals surface area contributed by atoms with Crippen LogP contribution in [-0.4, -0.2) is 25.3 Å². The molecule has 170 valence electrons. The largest absolute Gasteiger partial charge is 0.416 e. The maximum atomic E-state index is 12.7. The minimum atomic E-state index is -4.36. The van der Waals surface area contributed by atoms with E-state index in [1.54, 1.807) is 24.4 Å². The summed E-state index contributed by atoms with van der Waals surface area (Å²) in [4.78, 5) is 24.5. The molecule has 1 amide bonds. The summed E-state index contributed by atoms with van der Waals surface area (Å²) in [6.07, 6.45) is 0.837. The number of pyridine rings is 1. The number of imidazole rings is 2. The average molecular weight is 461 g/mol. The van der Waals surface area contributed by atoms with E-state index in [4.69, 9.17) is 0 Å². The van der Waals surface area contributed by atoms with Gasteiger partial charge in [0.2, 0.25) is 5.95 Å². The Morgan fingerprint density at radius 2 is 1.74 bits per heavy atom. The molecule has 0 spiro atoms. The molecule has 0 aliphatic rings. The molecule has 3 aromatic heterocycles. The van der Waals surface area contributed by atoms with E-state index in [1.165, 1.54) is 12.1 Å². The van der Waals surface area contributed by atoms with E-state index in [0.29, 0.717) is 22.2 Å². The molecule has 0 unspecified atom stereocenters. The van der Waals surface area contributed by atoms with Crippen molar-refractivity contribution in [3.05, 3.63) is 94.9 Å². The third-order valence-corrected chi connectivity index (χ3v) is 5.37. The molecular weight excluding hydrogens is 443 g/mol. The lowest BCUT2D eigenvalue weighted by atomic mass is 10.1. The molecule has 6 nitrogen and oxygen atoms in total. The molecule has 5 rings (SSSR count). The van der Waals surface area contributed by atoms with E-state index in [9.17, 15) is 18.0 Å². The highest BCUT2D eigenvalue weighted by molar-refractivity contribution is 6.03. The topological polar surface area (TPSA) is 75.1 Å². The molecule has 0 radical (unpaired) electrons. The minimum absolute atomic E-state index is 0.273. The van der Waals surface area contributed by atoms with Gasteiger partial charge >= 0.3 is 6.18 Å². The number of aromatic nitrogens is 4. The van der Waals surface area contributed by atoms with Crippen LogP contribution in [0, 0.1) is 6.92 Å². The lowest BCUT2D eigenvalue weighted by molar-refractivity contribution is -0.137. The average Bonchev–Trinajstić information content (AvgIpc) is 3.41. The summed E-state index contributed by atoms with van der Waals surface area (Å²) in [6.45, 7) is 1.93. The van der Waals surface area contributed by atoms with Crippen LogP contribution in [0.2, 0.25) is 0 Å². The molecule has 5 aromatic rings. The zero-order chi connectivity index (χ0) is 23.9. The number of hydrogen-bond acceptors (Lipinski definition) is 3. The number of benzene rings is 2. The number of H-pyrrole nitrogens is 1. The van der Waals surface area contributed by atoms with Gasteiger partial charge < -0.3 is 9.38 Å². The van der Waals surface area contributed by atoms with E-state index in [0.717, 1.165) is 23.4 Å². The van der Waals surface area contributed by atoms with Crippen molar-refractivity contribution in [1.82, 2.24) is 19.4 Å². The Morgan fingerprint density at radius 1 is 1.00 bits per heavy atom. The molecule has 0 saturated heterocycles. The first-order valence-electron chi connectivity index (χ1n) is 10.4. The summed E-state index contributed by atoms with van der Waals surface area (Å²) in [6, 6.07) is 16.0. The first-order chi connectivity index (χ1) is 16.3. The van der Waals surface area contributed by atoms with Gasteiger partial charge in [-0.05, 0) is 54.4 Å². The Kier molecular flexibility index (Phi) is 5.16. The van der Waals surface area contributed by atoms with Gasteiger partial charge in [0, 0.05) is 11.9 Å². The SMILES string of the molecule is Cc1cccc2nc(C(=O)Nc3nc4ccc(/C=C/c5ccc(C(F)(F)F)cc5)cc4[nH]3)cn12. The second-order valence-electron chi connectivity index (χ2n) is 7.79. The van der Waals surface area contributed by atoms with Crippen molar-refractivity contribution in [1.29, 1.82) is 0 Å². The summed E-state index contributed by atoms with van der Waals surface area (Å²) in [5.74, 6) is -0.0952. The molecule has 3 heterocycles. The molecule has 0 aliphatic carbocycles. The standard InChI is InChI=1S/C25H18F3N5O/c1-15-3-2-4-22-29-21(14-33(15)22)23(34)32-24-30-19-12-9-17(13-20(19)31-24)6-5-16-7-10-18(11-8-16)25(26,27)28/h2-14H,1H3,(H2,30,31,32,34)/b6-5+. The minimum Gasteiger partial charge on any atom is -0.324 e. The van der Waals surface area contributed by atoms with Crippen LogP contribution in [0.15, 0.2) is 66.9 Å². The summed E-state index contributed by atoms with van der Waals surface area (Å²) >= 11 is 0. The van der Waals surface area contributed by atoms with Crippen LogP contribution in [0.3, 0.4) is 0 Å². The van der Waals surface area contributed by atoms with Gasteiger partial charge in [-0.2, -0.15) is 13.2 Å². The van der Waals surface area contributed by atoms with Crippen LogP contribution in [0.5, 0.6) is 0 Å². The second kappa shape index (κ2) is 8.18. The summed E-state index contributed by atoms with van der Waals surface area (Å²) < 4.78 is 39.9. The van der Waals surface area contributed by atoms with Crippen molar-refractivity contribution in [3.8, 4) is 0 Å². The van der Waals surface area contributed by atoms with Crippen LogP contribution in [0.4, 0.5) is 19.1 Å². The number of aryl methyl sites for hydroxylation is 1. The summed E-state index contributed by atoms with van der Waals surface area (Å²) in [7, 11) is 0. The van der Waals surface area contributed by atoms with E-state index in [-0.39, 0.29) is 17.5 Å². The first-order valence-corrected chi connectivity index (χ1v) is 10.4. The molecule has 0 fully saturated rings. The molecule has 0 aliphatic heterocycles. The second-order valence-corrected chi connectivity index (χ2v) is 7.79. The Morgan fingerprint density at radius 3 is 2.47 bits per heavy atom. The van der Waals surface area contributed by atoms with Crippen LogP contribution in [0.1, 0.15) is 32.9 Å². The van der Waals surface area contributed by atoms with Crippen molar-refractivity contribution in [2.75, 3.05) is 5.32 Å². The fourth-order valence-corrected chi connectivity index (χ4v) is 3.60. The number of fused-ring (bicyclic) bond motifs is 2. The molecule has 2 N–H and O–H groups in total. The van der Waals surface area contributed by atoms with E-state index in [2.05, 4.69) is 20.3 Å². The number of carbonyl (C=O) groups is 1. The lowest BCUT2D eigenvalue weighted by Crippen LogP contribution is -2.13. The van der Waals surface area contributed by atoms with Crippen molar-refractivity contribution in [2.45, 2.75) is 13.1 Å². The van der Waals surface area contributed by atoms with Gasteiger partial charge in [0.25, 0.3) is 5.91 Å². The van der Waals surface area contributed by atoms with E-state index >= 15 is 0 Å². The van der Waals surface area contributed by atoms with Crippen molar-refractivity contribution < 1.29 is 18.0 Å². The summed E-state index contributed by atoms with van der Waals surface area (Å²) in [5.41, 5.74) is 4.07. The Bertz CT molecular complexity index is 1540. The van der Waals surface area contributed by atoms with Crippen LogP contribution < -0.4 is 5.32 Å². The number of amides is 1. The Balaban J connectivity index is 1.32. The van der Waals surface area contributed by atoms with E-state index in [1.807, 2.05) is 41.7 Å². The predicted octanol–water partition coefficient (Wildman–Crippen LogP) is 5.96. The monoisotopic (exact) mass is 461 g/mol. The number of halogens is 3. The number of carbonyl (C=O) groups excluding carboxylic acids is 1. The zero-order valence-electron chi connectivity index (χ0n) is 17.9. The van der Waals surface area contributed by atoms with Gasteiger partial charge in [0.1, 0.15) is 11.3 Å². The number of rotatable bonds is 4. The highest BCUT2D eigenvalue weighted by atomic mass is 19.4. The molecule has 34 heavy (non-hydrogen) atoms. The highest BCUT2D eigenvalue weighted by Crippen LogP contribution is 2.29. The molecule has 0 atom stereocenters. The van der Waals surface area contributed by atoms with Gasteiger partial charge in [-0.15, -0.1) is 0 Å². The number of anilines is 1. The fourth-order valence-electron chi connectivity index (χ4n) is 3.60. The van der Waals surface area contributed by atoms with Crippen molar-refractivity contribution >= 4 is 40.7 Å². The maximum absolute atomic E-state index is 12.7. The van der Waals surface area contributed by atoms with Gasteiger partial charge in [0.15, 0.2) is 0 Å². The molecule has 9 heteroatoms. The van der Waals surface area contributed by atoms with Crippen LogP contribution >= 0.6 is 0 Å². The third kappa shape index (κ3) is 4.27. The lowest BCUT2D eigenvalue weighted by Gasteiger charge is -2.05. The number of nitrogens with zero attached hydrogens (tertiary/aromatic N) is 3.